The van der Waals surface area contributed by atoms with Crippen LogP contribution in [0.3, 0.4) is 0 Å². The third kappa shape index (κ3) is 3.47. The quantitative estimate of drug-likeness (QED) is 0.340. The van der Waals surface area contributed by atoms with Gasteiger partial charge in [-0.25, -0.2) is 5.26 Å². The number of hydrogen-bond donors (Lipinski definition) is 2. The lowest BCUT2D eigenvalue weighted by atomic mass is 9.91. The van der Waals surface area contributed by atoms with Crippen molar-refractivity contribution in [2.24, 2.45) is 5.64 Å². The van der Waals surface area contributed by atoms with Crippen molar-refractivity contribution in [3.8, 4) is 5.97 Å². The molecule has 0 saturated carbocycles. The minimum absolute atomic E-state index is 1.31. The monoisotopic (exact) mass is 70.0 g/mol. The van der Waals surface area contributed by atoms with Crippen LogP contribution >= 0.6 is 0 Å². The molecule has 3 nitrogen and oxygen atoms in total. The molecule has 0 radical (unpaired) electrons. The predicted octanol–water partition coefficient (Wildman–Crippen LogP) is -1.51. The first-order chi connectivity index (χ1) is 2.27. The van der Waals surface area contributed by atoms with Gasteiger partial charge in [0, 0.05) is 0 Å². The van der Waals surface area contributed by atoms with Gasteiger partial charge in [-0.05, 0) is 0 Å². The molecule has 0 saturated heterocycles. The van der Waals surface area contributed by atoms with Gasteiger partial charge < -0.3 is 10.7 Å². The Morgan fingerprint density at radius 2 is 2.20 bits per heavy atom. The molecule has 0 aliphatic carbocycles. The molecule has 0 fully saturated rings. The molecule has 0 bridgehead atoms. The molecule has 3 N–H and O–H groups in total. The highest BCUT2D eigenvalue weighted by Gasteiger charge is 1.94. The van der Waals surface area contributed by atoms with Gasteiger partial charge in [-0.15, -0.1) is 0 Å². The van der Waals surface area contributed by atoms with E-state index >= 15 is 0 Å². The van der Waals surface area contributed by atoms with Crippen molar-refractivity contribution >= 4 is 7.05 Å². The van der Waals surface area contributed by atoms with E-state index in [2.05, 4.69) is 5.64 Å². The first-order valence-corrected chi connectivity index (χ1v) is 1.10. The fourth-order valence-corrected chi connectivity index (χ4v) is 0. The Kier molecular flexibility index (Phi) is 1.58. The summed E-state index contributed by atoms with van der Waals surface area (Å²) >= 11 is 0. The van der Waals surface area contributed by atoms with Crippen molar-refractivity contribution < 1.29 is 5.02 Å². The number of rotatable bonds is 0. The zero-order chi connectivity index (χ0) is 4.28. The van der Waals surface area contributed by atoms with Gasteiger partial charge in [-0.3, -0.25) is 0 Å². The van der Waals surface area contributed by atoms with Gasteiger partial charge in [0.2, 0.25) is 0 Å². The maximum absolute atomic E-state index is 7.78. The second kappa shape index (κ2) is 1.76. The van der Waals surface area contributed by atoms with E-state index < -0.39 is 7.05 Å². The summed E-state index contributed by atoms with van der Waals surface area (Å²) in [6, 6.07) is 0. The van der Waals surface area contributed by atoms with Gasteiger partial charge in [0.15, 0.2) is 0 Å². The summed E-state index contributed by atoms with van der Waals surface area (Å²) in [4.78, 5) is 0. The van der Waals surface area contributed by atoms with Crippen molar-refractivity contribution in [2.45, 2.75) is 0 Å². The van der Waals surface area contributed by atoms with Crippen LogP contribution in [-0.2, 0) is 0 Å². The van der Waals surface area contributed by atoms with Crippen LogP contribution in [0.4, 0.5) is 0 Å². The zero-order valence-corrected chi connectivity index (χ0v) is 2.55. The molecule has 0 aliphatic heterocycles. The zero-order valence-electron chi connectivity index (χ0n) is 2.55. The minimum atomic E-state index is -1.31. The SMILES string of the molecule is N#CB(N)O. The highest BCUT2D eigenvalue weighted by molar-refractivity contribution is 6.55. The third-order valence-corrected chi connectivity index (χ3v) is 0.132. The highest BCUT2D eigenvalue weighted by atomic mass is 16.2. The van der Waals surface area contributed by atoms with Crippen LogP contribution in [0, 0.1) is 11.2 Å². The van der Waals surface area contributed by atoms with Crippen LogP contribution in [0.15, 0.2) is 0 Å². The molecule has 5 heavy (non-hydrogen) atoms. The number of hydrogen-bond acceptors (Lipinski definition) is 3. The number of nitriles is 1. The van der Waals surface area contributed by atoms with Gasteiger partial charge in [-0.1, -0.05) is 0 Å². The first kappa shape index (κ1) is 4.47. The summed E-state index contributed by atoms with van der Waals surface area (Å²) in [6.45, 7) is 0. The van der Waals surface area contributed by atoms with Gasteiger partial charge in [-0.2, -0.15) is 0 Å². The molecule has 26 valence electrons. The van der Waals surface area contributed by atoms with E-state index in [1.165, 1.54) is 5.97 Å². The Morgan fingerprint density at radius 1 is 2.00 bits per heavy atom. The highest BCUT2D eigenvalue weighted by Crippen LogP contribution is 1.44. The van der Waals surface area contributed by atoms with E-state index in [0.29, 0.717) is 0 Å². The number of nitrogens with two attached hydrogens (primary N) is 1. The molecule has 0 spiro atoms. The molecule has 0 aromatic carbocycles. The Hall–Kier alpha value is -0.525. The molecule has 0 aromatic heterocycles. The van der Waals surface area contributed by atoms with Crippen LogP contribution in [-0.4, -0.2) is 12.1 Å². The molecule has 0 unspecified atom stereocenters. The summed E-state index contributed by atoms with van der Waals surface area (Å²) in [5.41, 5.74) is 4.49. The first-order valence-electron chi connectivity index (χ1n) is 1.10. The van der Waals surface area contributed by atoms with Gasteiger partial charge >= 0.3 is 7.05 Å². The van der Waals surface area contributed by atoms with Crippen molar-refractivity contribution in [1.82, 2.24) is 0 Å². The Bertz CT molecular complexity index is 55.2. The standard InChI is InChI=1S/CH3BN2O/c3-1-2(4)5/h5H,4H2. The smallest absolute Gasteiger partial charge is 0.426 e. The minimum Gasteiger partial charge on any atom is -0.426 e. The van der Waals surface area contributed by atoms with E-state index in [-0.39, 0.29) is 0 Å². The summed E-state index contributed by atoms with van der Waals surface area (Å²) in [6.07, 6.45) is 0. The lowest BCUT2D eigenvalue weighted by Crippen LogP contribution is -2.22. The van der Waals surface area contributed by atoms with Gasteiger partial charge in [0.25, 0.3) is 0 Å². The van der Waals surface area contributed by atoms with Crippen LogP contribution < -0.4 is 5.64 Å². The van der Waals surface area contributed by atoms with Gasteiger partial charge in [0.1, 0.15) is 0 Å². The lowest BCUT2D eigenvalue weighted by Gasteiger charge is -1.69. The Balaban J connectivity index is 2.94. The Labute approximate surface area is 30.1 Å². The van der Waals surface area contributed by atoms with Crippen molar-refractivity contribution in [3.63, 3.8) is 0 Å². The average Bonchev–Trinajstić information content (AvgIpc) is 1.38. The lowest BCUT2D eigenvalue weighted by molar-refractivity contribution is 0.588. The molecule has 0 atom stereocenters. The molecule has 0 aliphatic rings. The van der Waals surface area contributed by atoms with E-state index in [1.807, 2.05) is 0 Å². The maximum atomic E-state index is 7.78. The molecule has 0 amide bonds. The second-order valence-corrected chi connectivity index (χ2v) is 0.574. The van der Waals surface area contributed by atoms with E-state index in [9.17, 15) is 0 Å². The van der Waals surface area contributed by atoms with E-state index in [0.717, 1.165) is 0 Å². The third-order valence-electron chi connectivity index (χ3n) is 0.132. The van der Waals surface area contributed by atoms with Gasteiger partial charge in [0.05, 0.1) is 5.97 Å². The van der Waals surface area contributed by atoms with Crippen LogP contribution in [0.1, 0.15) is 0 Å². The van der Waals surface area contributed by atoms with Crippen molar-refractivity contribution in [1.29, 1.82) is 5.26 Å². The van der Waals surface area contributed by atoms with Crippen molar-refractivity contribution in [3.05, 3.63) is 0 Å². The summed E-state index contributed by atoms with van der Waals surface area (Å²) in [5, 5.41) is 15.3. The summed E-state index contributed by atoms with van der Waals surface area (Å²) in [7, 11) is -1.31. The van der Waals surface area contributed by atoms with E-state index in [1.54, 1.807) is 0 Å². The molecule has 0 aromatic rings. The largest absolute Gasteiger partial charge is 0.496 e. The average molecular weight is 69.9 g/mol. The van der Waals surface area contributed by atoms with Crippen molar-refractivity contribution in [2.75, 3.05) is 0 Å². The fraction of sp³-hybridized carbons (Fsp3) is 0. The van der Waals surface area contributed by atoms with Crippen LogP contribution in [0.5, 0.6) is 0 Å². The van der Waals surface area contributed by atoms with E-state index in [4.69, 9.17) is 10.3 Å². The molecule has 0 heterocycles. The van der Waals surface area contributed by atoms with Crippen LogP contribution in [0.25, 0.3) is 0 Å². The molecular weight excluding hydrogens is 66.8 g/mol. The molecule has 0 rings (SSSR count). The summed E-state index contributed by atoms with van der Waals surface area (Å²) in [5.74, 6) is 1.36. The molecular formula is CH3BN2O. The summed E-state index contributed by atoms with van der Waals surface area (Å²) < 4.78 is 0. The molecule has 4 heteroatoms. The second-order valence-electron chi connectivity index (χ2n) is 0.574. The maximum Gasteiger partial charge on any atom is 0.496 e. The number of nitrogens with zero attached hydrogens (tertiary/aromatic N) is 1. The normalized spacial score (nSPS) is 5.80. The fourth-order valence-electron chi connectivity index (χ4n) is 0. The Morgan fingerprint density at radius 3 is 2.20 bits per heavy atom. The predicted molar refractivity (Wildman–Crippen MR) is 17.8 cm³/mol. The van der Waals surface area contributed by atoms with Crippen LogP contribution in [0.2, 0.25) is 0 Å². The topological polar surface area (TPSA) is 70.0 Å².